The summed E-state index contributed by atoms with van der Waals surface area (Å²) in [5, 5.41) is 5.14. The SMILES string of the molecule is CN(C)c1nccc(CN(C)c2nc(-c3ccsc3)nc3ccccc23)n1. The maximum atomic E-state index is 4.86. The summed E-state index contributed by atoms with van der Waals surface area (Å²) in [5.74, 6) is 2.34. The van der Waals surface area contributed by atoms with Crippen LogP contribution in [0.2, 0.25) is 0 Å². The summed E-state index contributed by atoms with van der Waals surface area (Å²) in [5.41, 5.74) is 2.92. The monoisotopic (exact) mass is 376 g/mol. The van der Waals surface area contributed by atoms with Gasteiger partial charge in [-0.1, -0.05) is 12.1 Å². The molecule has 0 bridgehead atoms. The Morgan fingerprint density at radius 1 is 0.963 bits per heavy atom. The molecule has 0 atom stereocenters. The molecule has 0 aliphatic carbocycles. The zero-order chi connectivity index (χ0) is 18.8. The van der Waals surface area contributed by atoms with Gasteiger partial charge in [-0.2, -0.15) is 11.3 Å². The lowest BCUT2D eigenvalue weighted by molar-refractivity contribution is 0.851. The van der Waals surface area contributed by atoms with Crippen LogP contribution >= 0.6 is 11.3 Å². The molecule has 27 heavy (non-hydrogen) atoms. The van der Waals surface area contributed by atoms with Gasteiger partial charge in [0, 0.05) is 43.7 Å². The summed E-state index contributed by atoms with van der Waals surface area (Å²) in [7, 11) is 5.91. The Hall–Kier alpha value is -3.06. The smallest absolute Gasteiger partial charge is 0.225 e. The van der Waals surface area contributed by atoms with Crippen molar-refractivity contribution in [3.8, 4) is 11.4 Å². The zero-order valence-electron chi connectivity index (χ0n) is 15.5. The molecule has 3 heterocycles. The van der Waals surface area contributed by atoms with E-state index in [1.54, 1.807) is 17.5 Å². The molecule has 136 valence electrons. The van der Waals surface area contributed by atoms with Crippen LogP contribution < -0.4 is 9.80 Å². The minimum atomic E-state index is 0.632. The Kier molecular flexibility index (Phi) is 4.68. The van der Waals surface area contributed by atoms with E-state index in [2.05, 4.69) is 26.3 Å². The van der Waals surface area contributed by atoms with Crippen molar-refractivity contribution in [1.82, 2.24) is 19.9 Å². The second-order valence-corrected chi connectivity index (χ2v) is 7.28. The minimum absolute atomic E-state index is 0.632. The highest BCUT2D eigenvalue weighted by Gasteiger charge is 2.14. The van der Waals surface area contributed by atoms with Gasteiger partial charge >= 0.3 is 0 Å². The molecular weight excluding hydrogens is 356 g/mol. The minimum Gasteiger partial charge on any atom is -0.353 e. The molecule has 3 aromatic heterocycles. The molecule has 0 N–H and O–H groups in total. The largest absolute Gasteiger partial charge is 0.353 e. The van der Waals surface area contributed by atoms with Crippen molar-refractivity contribution in [1.29, 1.82) is 0 Å². The number of aromatic nitrogens is 4. The normalized spacial score (nSPS) is 10.9. The van der Waals surface area contributed by atoms with E-state index in [-0.39, 0.29) is 0 Å². The Labute approximate surface area is 162 Å². The highest BCUT2D eigenvalue weighted by Crippen LogP contribution is 2.28. The number of hydrogen-bond donors (Lipinski definition) is 0. The Morgan fingerprint density at radius 3 is 2.59 bits per heavy atom. The van der Waals surface area contributed by atoms with Crippen LogP contribution in [-0.4, -0.2) is 41.1 Å². The Bertz CT molecular complexity index is 1060. The van der Waals surface area contributed by atoms with E-state index in [9.17, 15) is 0 Å². The van der Waals surface area contributed by atoms with Gasteiger partial charge in [0.2, 0.25) is 5.95 Å². The molecule has 7 heteroatoms. The van der Waals surface area contributed by atoms with E-state index >= 15 is 0 Å². The van der Waals surface area contributed by atoms with Crippen LogP contribution in [0.3, 0.4) is 0 Å². The molecule has 0 spiro atoms. The lowest BCUT2D eigenvalue weighted by atomic mass is 10.2. The first kappa shape index (κ1) is 17.4. The molecule has 0 radical (unpaired) electrons. The molecule has 0 fully saturated rings. The number of thiophene rings is 1. The van der Waals surface area contributed by atoms with Gasteiger partial charge in [0.05, 0.1) is 17.8 Å². The molecule has 1 aromatic carbocycles. The zero-order valence-corrected chi connectivity index (χ0v) is 16.3. The lowest BCUT2D eigenvalue weighted by Crippen LogP contribution is -2.21. The van der Waals surface area contributed by atoms with Crippen molar-refractivity contribution in [2.45, 2.75) is 6.54 Å². The number of hydrogen-bond acceptors (Lipinski definition) is 7. The number of benzene rings is 1. The third kappa shape index (κ3) is 3.59. The first-order valence-corrected chi connectivity index (χ1v) is 9.56. The van der Waals surface area contributed by atoms with Crippen molar-refractivity contribution in [2.24, 2.45) is 0 Å². The molecule has 0 amide bonds. The lowest BCUT2D eigenvalue weighted by Gasteiger charge is -2.21. The summed E-state index contributed by atoms with van der Waals surface area (Å²) in [6.07, 6.45) is 1.79. The van der Waals surface area contributed by atoms with E-state index in [4.69, 9.17) is 9.97 Å². The van der Waals surface area contributed by atoms with Gasteiger partial charge in [0.1, 0.15) is 5.82 Å². The Balaban J connectivity index is 1.74. The summed E-state index contributed by atoms with van der Waals surface area (Å²) < 4.78 is 0. The van der Waals surface area contributed by atoms with Gasteiger partial charge in [-0.3, -0.25) is 0 Å². The molecule has 4 aromatic rings. The standard InChI is InChI=1S/C20H20N6S/c1-25(2)20-21-10-8-15(22-20)12-26(3)19-16-6-4-5-7-17(16)23-18(24-19)14-9-11-27-13-14/h4-11,13H,12H2,1-3H3. The topological polar surface area (TPSA) is 58.0 Å². The summed E-state index contributed by atoms with van der Waals surface area (Å²) in [6.45, 7) is 0.632. The summed E-state index contributed by atoms with van der Waals surface area (Å²) >= 11 is 1.65. The number of fused-ring (bicyclic) bond motifs is 1. The average molecular weight is 376 g/mol. The second-order valence-electron chi connectivity index (χ2n) is 6.50. The van der Waals surface area contributed by atoms with Crippen LogP contribution in [0.4, 0.5) is 11.8 Å². The van der Waals surface area contributed by atoms with Crippen LogP contribution in [0.1, 0.15) is 5.69 Å². The molecule has 4 rings (SSSR count). The van der Waals surface area contributed by atoms with Crippen molar-refractivity contribution < 1.29 is 0 Å². The van der Waals surface area contributed by atoms with Gasteiger partial charge in [-0.05, 0) is 29.6 Å². The maximum absolute atomic E-state index is 4.86. The van der Waals surface area contributed by atoms with Crippen LogP contribution in [-0.2, 0) is 6.54 Å². The first-order chi connectivity index (χ1) is 13.1. The van der Waals surface area contributed by atoms with Crippen LogP contribution in [0.15, 0.2) is 53.4 Å². The third-order valence-corrected chi connectivity index (χ3v) is 4.91. The van der Waals surface area contributed by atoms with Gasteiger partial charge in [-0.25, -0.2) is 19.9 Å². The van der Waals surface area contributed by atoms with Crippen LogP contribution in [0.5, 0.6) is 0 Å². The van der Waals surface area contributed by atoms with Crippen molar-refractivity contribution in [3.05, 3.63) is 59.0 Å². The molecular formula is C20H20N6S. The van der Waals surface area contributed by atoms with Crippen molar-refractivity contribution in [3.63, 3.8) is 0 Å². The van der Waals surface area contributed by atoms with Gasteiger partial charge in [0.25, 0.3) is 0 Å². The number of anilines is 2. The average Bonchev–Trinajstić information content (AvgIpc) is 3.22. The molecule has 0 unspecified atom stereocenters. The number of nitrogens with zero attached hydrogens (tertiary/aromatic N) is 6. The fourth-order valence-corrected chi connectivity index (χ4v) is 3.51. The second kappa shape index (κ2) is 7.28. The van der Waals surface area contributed by atoms with Crippen LogP contribution in [0, 0.1) is 0 Å². The number of para-hydroxylation sites is 1. The van der Waals surface area contributed by atoms with E-state index < -0.39 is 0 Å². The fourth-order valence-electron chi connectivity index (χ4n) is 2.88. The van der Waals surface area contributed by atoms with Gasteiger partial charge < -0.3 is 9.80 Å². The van der Waals surface area contributed by atoms with Gasteiger partial charge in [-0.15, -0.1) is 0 Å². The van der Waals surface area contributed by atoms with Crippen molar-refractivity contribution >= 4 is 34.0 Å². The highest BCUT2D eigenvalue weighted by molar-refractivity contribution is 7.08. The summed E-state index contributed by atoms with van der Waals surface area (Å²) in [6, 6.07) is 12.1. The third-order valence-electron chi connectivity index (χ3n) is 4.22. The van der Waals surface area contributed by atoms with Crippen LogP contribution in [0.25, 0.3) is 22.3 Å². The van der Waals surface area contributed by atoms with E-state index in [0.717, 1.165) is 33.8 Å². The van der Waals surface area contributed by atoms with E-state index in [1.807, 2.05) is 61.8 Å². The van der Waals surface area contributed by atoms with Crippen molar-refractivity contribution in [2.75, 3.05) is 30.9 Å². The molecule has 6 nitrogen and oxygen atoms in total. The molecule has 0 saturated heterocycles. The highest BCUT2D eigenvalue weighted by atomic mass is 32.1. The molecule has 0 aliphatic heterocycles. The fraction of sp³-hybridized carbons (Fsp3) is 0.200. The molecule has 0 saturated carbocycles. The van der Waals surface area contributed by atoms with Gasteiger partial charge in [0.15, 0.2) is 5.82 Å². The summed E-state index contributed by atoms with van der Waals surface area (Å²) in [4.78, 5) is 22.5. The predicted octanol–water partition coefficient (Wildman–Crippen LogP) is 3.85. The first-order valence-electron chi connectivity index (χ1n) is 8.61. The Morgan fingerprint density at radius 2 is 1.81 bits per heavy atom. The molecule has 0 aliphatic rings. The van der Waals surface area contributed by atoms with E-state index in [0.29, 0.717) is 12.5 Å². The predicted molar refractivity (Wildman–Crippen MR) is 111 cm³/mol. The maximum Gasteiger partial charge on any atom is 0.225 e. The quantitative estimate of drug-likeness (QED) is 0.527. The number of rotatable bonds is 5. The van der Waals surface area contributed by atoms with E-state index in [1.165, 1.54) is 0 Å².